The molecule has 1 aromatic heterocycles. The molecule has 0 unspecified atom stereocenters. The maximum Gasteiger partial charge on any atom is 0.337 e. The van der Waals surface area contributed by atoms with Crippen LogP contribution in [-0.2, 0) is 17.7 Å². The number of aromatic nitrogens is 1. The largest absolute Gasteiger partial charge is 0.465 e. The fourth-order valence-corrected chi connectivity index (χ4v) is 3.44. The van der Waals surface area contributed by atoms with E-state index >= 15 is 0 Å². The van der Waals surface area contributed by atoms with Crippen LogP contribution in [0, 0.1) is 12.7 Å². The third-order valence-corrected chi connectivity index (χ3v) is 5.13. The van der Waals surface area contributed by atoms with Gasteiger partial charge in [-0.3, -0.25) is 5.32 Å². The number of anilines is 1. The molecule has 2 aromatic carbocycles. The van der Waals surface area contributed by atoms with Gasteiger partial charge < -0.3 is 10.1 Å². The Balaban J connectivity index is 1.51. The number of amides is 2. The number of esters is 1. The van der Waals surface area contributed by atoms with Crippen LogP contribution in [0.25, 0.3) is 0 Å². The number of carbonyl (C=O) groups excluding carboxylic acids is 2. The Morgan fingerprint density at radius 3 is 2.55 bits per heavy atom. The predicted octanol–water partition coefficient (Wildman–Crippen LogP) is 4.29. The molecule has 2 N–H and O–H groups in total. The minimum atomic E-state index is -0.407. The number of nitrogens with one attached hydrogen (secondary N) is 2. The molecule has 0 aliphatic heterocycles. The maximum absolute atomic E-state index is 13.7. The van der Waals surface area contributed by atoms with Crippen LogP contribution in [0.3, 0.4) is 0 Å². The highest BCUT2D eigenvalue weighted by Gasteiger charge is 2.09. The molecule has 0 saturated heterocycles. The number of aryl methyl sites for hydroxylation is 1. The quantitative estimate of drug-likeness (QED) is 0.591. The summed E-state index contributed by atoms with van der Waals surface area (Å²) in [6.07, 6.45) is 2.22. The van der Waals surface area contributed by atoms with Crippen molar-refractivity contribution in [2.45, 2.75) is 19.9 Å². The summed E-state index contributed by atoms with van der Waals surface area (Å²) in [5.41, 5.74) is 2.75. The molecule has 3 rings (SSSR count). The van der Waals surface area contributed by atoms with Gasteiger partial charge in [0.2, 0.25) is 0 Å². The van der Waals surface area contributed by atoms with Crippen molar-refractivity contribution in [3.63, 3.8) is 0 Å². The number of urea groups is 1. The summed E-state index contributed by atoms with van der Waals surface area (Å²) in [4.78, 5) is 28.6. The van der Waals surface area contributed by atoms with Gasteiger partial charge in [-0.15, -0.1) is 11.3 Å². The van der Waals surface area contributed by atoms with Gasteiger partial charge >= 0.3 is 12.0 Å². The molecule has 1 heterocycles. The lowest BCUT2D eigenvalue weighted by molar-refractivity contribution is 0.0600. The number of rotatable bonds is 6. The number of carbonyl (C=O) groups is 2. The maximum atomic E-state index is 13.7. The number of halogens is 1. The molecule has 150 valence electrons. The first-order valence-corrected chi connectivity index (χ1v) is 9.68. The lowest BCUT2D eigenvalue weighted by Crippen LogP contribution is -2.28. The van der Waals surface area contributed by atoms with Crippen LogP contribution < -0.4 is 10.6 Å². The van der Waals surface area contributed by atoms with Crippen molar-refractivity contribution >= 4 is 28.5 Å². The Bertz CT molecular complexity index is 1020. The zero-order chi connectivity index (χ0) is 20.8. The van der Waals surface area contributed by atoms with Gasteiger partial charge in [0.25, 0.3) is 0 Å². The van der Waals surface area contributed by atoms with Crippen molar-refractivity contribution in [1.29, 1.82) is 0 Å². The zero-order valence-electron chi connectivity index (χ0n) is 16.0. The van der Waals surface area contributed by atoms with Crippen LogP contribution in [0.15, 0.2) is 48.7 Å². The predicted molar refractivity (Wildman–Crippen MR) is 110 cm³/mol. The average Bonchev–Trinajstić information content (AvgIpc) is 3.15. The molecule has 0 aliphatic rings. The van der Waals surface area contributed by atoms with E-state index in [1.165, 1.54) is 24.5 Å². The molecule has 0 fully saturated rings. The number of nitrogens with zero attached hydrogens (tertiary/aromatic N) is 1. The Morgan fingerprint density at radius 2 is 1.86 bits per heavy atom. The lowest BCUT2D eigenvalue weighted by Gasteiger charge is -2.06. The van der Waals surface area contributed by atoms with E-state index in [0.717, 1.165) is 16.0 Å². The van der Waals surface area contributed by atoms with Gasteiger partial charge in [-0.1, -0.05) is 24.3 Å². The summed E-state index contributed by atoms with van der Waals surface area (Å²) < 4.78 is 18.3. The molecule has 0 radical (unpaired) electrons. The molecule has 0 saturated carbocycles. The SMILES string of the molecule is COC(=O)c1ccc(CNC(=O)Nc2ncc(Cc3ccc(C)c(F)c3)s2)cc1. The molecule has 2 amide bonds. The fraction of sp³-hybridized carbons (Fsp3) is 0.190. The van der Waals surface area contributed by atoms with Crippen molar-refractivity contribution in [2.24, 2.45) is 0 Å². The highest BCUT2D eigenvalue weighted by Crippen LogP contribution is 2.22. The van der Waals surface area contributed by atoms with E-state index in [1.54, 1.807) is 43.5 Å². The Labute approximate surface area is 171 Å². The Morgan fingerprint density at radius 1 is 1.14 bits per heavy atom. The number of hydrogen-bond donors (Lipinski definition) is 2. The van der Waals surface area contributed by atoms with Crippen LogP contribution in [0.2, 0.25) is 0 Å². The molecule has 6 nitrogen and oxygen atoms in total. The second kappa shape index (κ2) is 9.29. The van der Waals surface area contributed by atoms with E-state index in [4.69, 9.17) is 0 Å². The summed E-state index contributed by atoms with van der Waals surface area (Å²) in [6, 6.07) is 11.5. The average molecular weight is 413 g/mol. The lowest BCUT2D eigenvalue weighted by atomic mass is 10.1. The third kappa shape index (κ3) is 5.61. The van der Waals surface area contributed by atoms with Gasteiger partial charge in [-0.05, 0) is 41.8 Å². The molecular formula is C21H20FN3O3S. The van der Waals surface area contributed by atoms with Gasteiger partial charge in [-0.25, -0.2) is 19.0 Å². The Kier molecular flexibility index (Phi) is 6.56. The van der Waals surface area contributed by atoms with E-state index in [-0.39, 0.29) is 11.8 Å². The van der Waals surface area contributed by atoms with Crippen LogP contribution in [0.1, 0.15) is 31.9 Å². The highest BCUT2D eigenvalue weighted by molar-refractivity contribution is 7.15. The van der Waals surface area contributed by atoms with E-state index < -0.39 is 5.97 Å². The summed E-state index contributed by atoms with van der Waals surface area (Å²) in [5.74, 6) is -0.639. The van der Waals surface area contributed by atoms with Gasteiger partial charge in [-0.2, -0.15) is 0 Å². The fourth-order valence-electron chi connectivity index (χ4n) is 2.59. The molecule has 0 spiro atoms. The highest BCUT2D eigenvalue weighted by atomic mass is 32.1. The van der Waals surface area contributed by atoms with Crippen LogP contribution in [0.4, 0.5) is 14.3 Å². The van der Waals surface area contributed by atoms with Crippen molar-refractivity contribution in [1.82, 2.24) is 10.3 Å². The van der Waals surface area contributed by atoms with Crippen molar-refractivity contribution in [3.8, 4) is 0 Å². The van der Waals surface area contributed by atoms with Gasteiger partial charge in [0, 0.05) is 24.0 Å². The molecule has 0 aliphatic carbocycles. The first kappa shape index (κ1) is 20.5. The van der Waals surface area contributed by atoms with Gasteiger partial charge in [0.15, 0.2) is 5.13 Å². The molecular weight excluding hydrogens is 393 g/mol. The van der Waals surface area contributed by atoms with E-state index in [0.29, 0.717) is 29.2 Å². The summed E-state index contributed by atoms with van der Waals surface area (Å²) >= 11 is 1.34. The first-order valence-electron chi connectivity index (χ1n) is 8.86. The second-order valence-electron chi connectivity index (χ2n) is 6.39. The van der Waals surface area contributed by atoms with Crippen LogP contribution >= 0.6 is 11.3 Å². The molecule has 0 bridgehead atoms. The van der Waals surface area contributed by atoms with Gasteiger partial charge in [0.05, 0.1) is 12.7 Å². The zero-order valence-corrected chi connectivity index (χ0v) is 16.8. The number of hydrogen-bond acceptors (Lipinski definition) is 5. The van der Waals surface area contributed by atoms with E-state index in [9.17, 15) is 14.0 Å². The monoisotopic (exact) mass is 413 g/mol. The number of methoxy groups -OCH3 is 1. The normalized spacial score (nSPS) is 10.4. The minimum Gasteiger partial charge on any atom is -0.465 e. The van der Waals surface area contributed by atoms with E-state index in [2.05, 4.69) is 20.4 Å². The van der Waals surface area contributed by atoms with E-state index in [1.807, 2.05) is 6.07 Å². The number of ether oxygens (including phenoxy) is 1. The minimum absolute atomic E-state index is 0.232. The van der Waals surface area contributed by atoms with Crippen molar-refractivity contribution in [3.05, 3.63) is 81.6 Å². The second-order valence-corrected chi connectivity index (χ2v) is 7.50. The molecule has 0 atom stereocenters. The molecule has 3 aromatic rings. The van der Waals surface area contributed by atoms with Crippen molar-refractivity contribution in [2.75, 3.05) is 12.4 Å². The topological polar surface area (TPSA) is 80.3 Å². The number of benzene rings is 2. The number of thiazole rings is 1. The smallest absolute Gasteiger partial charge is 0.337 e. The van der Waals surface area contributed by atoms with Crippen molar-refractivity contribution < 1.29 is 18.7 Å². The van der Waals surface area contributed by atoms with Gasteiger partial charge in [0.1, 0.15) is 5.82 Å². The summed E-state index contributed by atoms with van der Waals surface area (Å²) in [5, 5.41) is 5.88. The van der Waals surface area contributed by atoms with Crippen LogP contribution in [0.5, 0.6) is 0 Å². The van der Waals surface area contributed by atoms with Crippen LogP contribution in [-0.4, -0.2) is 24.1 Å². The standard InChI is InChI=1S/C21H20FN3O3S/c1-13-3-4-15(10-18(13)22)9-17-12-24-21(29-17)25-20(27)23-11-14-5-7-16(8-6-14)19(26)28-2/h3-8,10,12H,9,11H2,1-2H3,(H2,23,24,25,27). The summed E-state index contributed by atoms with van der Waals surface area (Å²) in [7, 11) is 1.32. The third-order valence-electron chi connectivity index (χ3n) is 4.22. The Hall–Kier alpha value is -3.26. The molecule has 8 heteroatoms. The first-order chi connectivity index (χ1) is 13.9. The summed E-state index contributed by atoms with van der Waals surface area (Å²) in [6.45, 7) is 2.02. The molecule has 29 heavy (non-hydrogen) atoms.